The van der Waals surface area contributed by atoms with Crippen LogP contribution in [0.3, 0.4) is 0 Å². The van der Waals surface area contributed by atoms with E-state index >= 15 is 0 Å². The molecule has 1 amide bonds. The van der Waals surface area contributed by atoms with Gasteiger partial charge in [-0.2, -0.15) is 0 Å². The second-order valence-corrected chi connectivity index (χ2v) is 6.02. The molecule has 0 saturated heterocycles. The number of esters is 1. The number of aryl methyl sites for hydroxylation is 2. The van der Waals surface area contributed by atoms with Crippen molar-refractivity contribution < 1.29 is 14.3 Å². The number of unbranched alkanes of at least 4 members (excludes halogenated alkanes) is 1. The Labute approximate surface area is 124 Å². The molecule has 0 saturated carbocycles. The van der Waals surface area contributed by atoms with Crippen molar-refractivity contribution >= 4 is 23.2 Å². The quantitative estimate of drug-likeness (QED) is 0.621. The summed E-state index contributed by atoms with van der Waals surface area (Å²) in [7, 11) is 0. The summed E-state index contributed by atoms with van der Waals surface area (Å²) in [6, 6.07) is 1.27. The van der Waals surface area contributed by atoms with Crippen LogP contribution < -0.4 is 5.32 Å². The predicted molar refractivity (Wildman–Crippen MR) is 81.2 cm³/mol. The Morgan fingerprint density at radius 2 is 2.10 bits per heavy atom. The van der Waals surface area contributed by atoms with E-state index in [1.807, 2.05) is 19.9 Å². The summed E-state index contributed by atoms with van der Waals surface area (Å²) in [6.45, 7) is 8.15. The minimum atomic E-state index is -0.619. The maximum absolute atomic E-state index is 12.1. The molecule has 20 heavy (non-hydrogen) atoms. The summed E-state index contributed by atoms with van der Waals surface area (Å²) in [6.07, 6.45) is 2.73. The monoisotopic (exact) mass is 297 g/mol. The summed E-state index contributed by atoms with van der Waals surface area (Å²) >= 11 is 1.46. The zero-order valence-electron chi connectivity index (χ0n) is 12.6. The second kappa shape index (κ2) is 8.04. The summed E-state index contributed by atoms with van der Waals surface area (Å²) in [5, 5.41) is 2.68. The molecule has 1 unspecified atom stereocenters. The van der Waals surface area contributed by atoms with Crippen LogP contribution in [0.15, 0.2) is 6.07 Å². The molecule has 1 N–H and O–H groups in total. The lowest BCUT2D eigenvalue weighted by Crippen LogP contribution is -2.39. The first-order valence-electron chi connectivity index (χ1n) is 7.06. The van der Waals surface area contributed by atoms with Crippen LogP contribution in [0.4, 0.5) is 0 Å². The van der Waals surface area contributed by atoms with Gasteiger partial charge in [0.25, 0.3) is 5.91 Å². The van der Waals surface area contributed by atoms with Gasteiger partial charge in [-0.05, 0) is 38.3 Å². The minimum absolute atomic E-state index is 0.210. The summed E-state index contributed by atoms with van der Waals surface area (Å²) in [5.41, 5.74) is 1.18. The molecule has 0 aromatic carbocycles. The van der Waals surface area contributed by atoms with E-state index in [0.29, 0.717) is 11.5 Å². The normalized spacial score (nSPS) is 12.0. The lowest BCUT2D eigenvalue weighted by atomic mass is 10.2. The molecule has 4 nitrogen and oxygen atoms in total. The lowest BCUT2D eigenvalue weighted by Gasteiger charge is -2.12. The van der Waals surface area contributed by atoms with E-state index < -0.39 is 6.04 Å². The van der Waals surface area contributed by atoms with Crippen LogP contribution in [0, 0.1) is 6.92 Å². The minimum Gasteiger partial charge on any atom is -0.464 e. The maximum atomic E-state index is 12.1. The first-order chi connectivity index (χ1) is 9.49. The molecule has 0 aliphatic rings. The molecular weight excluding hydrogens is 274 g/mol. The summed E-state index contributed by atoms with van der Waals surface area (Å²) in [5.74, 6) is -0.589. The molecule has 1 rings (SSSR count). The Morgan fingerprint density at radius 1 is 1.40 bits per heavy atom. The molecule has 1 aromatic rings. The molecule has 0 radical (unpaired) electrons. The Balaban J connectivity index is 2.54. The van der Waals surface area contributed by atoms with Crippen LogP contribution in [0.2, 0.25) is 0 Å². The van der Waals surface area contributed by atoms with Crippen LogP contribution in [0.25, 0.3) is 0 Å². The standard InChI is InChI=1S/C15H23NO3S/c1-5-7-8-19-15(18)10(3)16-14(17)13-9-12(6-2)11(4)20-13/h9-10H,5-8H2,1-4H3,(H,16,17). The third-order valence-corrected chi connectivity index (χ3v) is 4.16. The molecule has 0 fully saturated rings. The zero-order chi connectivity index (χ0) is 15.1. The fourth-order valence-electron chi connectivity index (χ4n) is 1.75. The van der Waals surface area contributed by atoms with Crippen molar-refractivity contribution in [1.82, 2.24) is 5.32 Å². The van der Waals surface area contributed by atoms with Crippen molar-refractivity contribution in [2.45, 2.75) is 53.0 Å². The van der Waals surface area contributed by atoms with Crippen molar-refractivity contribution in [3.63, 3.8) is 0 Å². The molecule has 1 heterocycles. The zero-order valence-corrected chi connectivity index (χ0v) is 13.4. The Bertz CT molecular complexity index is 468. The Kier molecular flexibility index (Phi) is 6.71. The molecule has 1 aromatic heterocycles. The number of amides is 1. The Hall–Kier alpha value is -1.36. The van der Waals surface area contributed by atoms with Gasteiger partial charge in [-0.15, -0.1) is 11.3 Å². The van der Waals surface area contributed by atoms with Crippen molar-refractivity contribution in [2.24, 2.45) is 0 Å². The van der Waals surface area contributed by atoms with Crippen LogP contribution in [-0.4, -0.2) is 24.5 Å². The number of thiophene rings is 1. The van der Waals surface area contributed by atoms with Gasteiger partial charge in [0.2, 0.25) is 0 Å². The number of hydrogen-bond acceptors (Lipinski definition) is 4. The molecule has 0 aliphatic heterocycles. The lowest BCUT2D eigenvalue weighted by molar-refractivity contribution is -0.145. The summed E-state index contributed by atoms with van der Waals surface area (Å²) in [4.78, 5) is 25.5. The number of hydrogen-bond donors (Lipinski definition) is 1. The highest BCUT2D eigenvalue weighted by atomic mass is 32.1. The first kappa shape index (κ1) is 16.7. The fraction of sp³-hybridized carbons (Fsp3) is 0.600. The van der Waals surface area contributed by atoms with Crippen LogP contribution in [-0.2, 0) is 16.0 Å². The predicted octanol–water partition coefficient (Wildman–Crippen LogP) is 3.08. The molecule has 0 aliphatic carbocycles. The average Bonchev–Trinajstić information content (AvgIpc) is 2.80. The number of nitrogens with one attached hydrogen (secondary N) is 1. The topological polar surface area (TPSA) is 55.4 Å². The largest absolute Gasteiger partial charge is 0.464 e. The van der Waals surface area contributed by atoms with Gasteiger partial charge in [-0.1, -0.05) is 20.3 Å². The van der Waals surface area contributed by atoms with Crippen molar-refractivity contribution in [2.75, 3.05) is 6.61 Å². The number of ether oxygens (including phenoxy) is 1. The number of rotatable bonds is 7. The number of carbonyl (C=O) groups is 2. The van der Waals surface area contributed by atoms with Crippen molar-refractivity contribution in [1.29, 1.82) is 0 Å². The molecule has 5 heteroatoms. The van der Waals surface area contributed by atoms with Gasteiger partial charge in [0.15, 0.2) is 0 Å². The number of carbonyl (C=O) groups excluding carboxylic acids is 2. The Morgan fingerprint density at radius 3 is 2.65 bits per heavy atom. The van der Waals surface area contributed by atoms with Gasteiger partial charge in [0.05, 0.1) is 11.5 Å². The third kappa shape index (κ3) is 4.63. The van der Waals surface area contributed by atoms with E-state index in [1.165, 1.54) is 16.9 Å². The third-order valence-electron chi connectivity index (χ3n) is 3.07. The van der Waals surface area contributed by atoms with Crippen LogP contribution in [0.1, 0.15) is 53.7 Å². The van der Waals surface area contributed by atoms with E-state index in [-0.39, 0.29) is 11.9 Å². The SMILES string of the molecule is CCCCOC(=O)C(C)NC(=O)c1cc(CC)c(C)s1. The van der Waals surface area contributed by atoms with Gasteiger partial charge < -0.3 is 10.1 Å². The van der Waals surface area contributed by atoms with E-state index in [9.17, 15) is 9.59 Å². The highest BCUT2D eigenvalue weighted by Gasteiger charge is 2.19. The fourth-order valence-corrected chi connectivity index (χ4v) is 2.77. The van der Waals surface area contributed by atoms with Crippen molar-refractivity contribution in [3.8, 4) is 0 Å². The van der Waals surface area contributed by atoms with E-state index in [4.69, 9.17) is 4.74 Å². The molecular formula is C15H23NO3S. The van der Waals surface area contributed by atoms with Crippen LogP contribution in [0.5, 0.6) is 0 Å². The smallest absolute Gasteiger partial charge is 0.328 e. The van der Waals surface area contributed by atoms with Crippen molar-refractivity contribution in [3.05, 3.63) is 21.4 Å². The summed E-state index contributed by atoms with van der Waals surface area (Å²) < 4.78 is 5.08. The highest BCUT2D eigenvalue weighted by molar-refractivity contribution is 7.14. The molecule has 0 bridgehead atoms. The van der Waals surface area contributed by atoms with Gasteiger partial charge in [-0.25, -0.2) is 4.79 Å². The van der Waals surface area contributed by atoms with Gasteiger partial charge in [-0.3, -0.25) is 4.79 Å². The second-order valence-electron chi connectivity index (χ2n) is 4.76. The van der Waals surface area contributed by atoms with E-state index in [0.717, 1.165) is 24.1 Å². The van der Waals surface area contributed by atoms with Gasteiger partial charge in [0, 0.05) is 4.88 Å². The molecule has 0 spiro atoms. The van der Waals surface area contributed by atoms with Gasteiger partial charge >= 0.3 is 5.97 Å². The van der Waals surface area contributed by atoms with E-state index in [1.54, 1.807) is 6.92 Å². The maximum Gasteiger partial charge on any atom is 0.328 e. The highest BCUT2D eigenvalue weighted by Crippen LogP contribution is 2.21. The molecule has 1 atom stereocenters. The van der Waals surface area contributed by atoms with Crippen LogP contribution >= 0.6 is 11.3 Å². The van der Waals surface area contributed by atoms with Gasteiger partial charge in [0.1, 0.15) is 6.04 Å². The van der Waals surface area contributed by atoms with E-state index in [2.05, 4.69) is 12.2 Å². The molecule has 112 valence electrons. The first-order valence-corrected chi connectivity index (χ1v) is 7.88. The average molecular weight is 297 g/mol.